The lowest BCUT2D eigenvalue weighted by molar-refractivity contribution is -0.151. The molecule has 1 saturated heterocycles. The number of nitrogens with zero attached hydrogens (tertiary/aromatic N) is 2. The average molecular weight is 322 g/mol. The van der Waals surface area contributed by atoms with Gasteiger partial charge in [-0.25, -0.2) is 0 Å². The standard InChI is InChI=1S/C16H22N2O3S/c1-3-21-16(20)13-5-4-10-18(11-13)15(19)12(2)22-14-6-8-17-9-7-14/h6-9,12-13H,3-5,10-11H2,1-2H3/t12-,13+/m1/s1. The normalized spacial score (nSPS) is 19.5. The zero-order valence-corrected chi connectivity index (χ0v) is 13.8. The molecule has 0 N–H and O–H groups in total. The van der Waals surface area contributed by atoms with Crippen molar-refractivity contribution >= 4 is 23.6 Å². The Hall–Kier alpha value is -1.56. The fourth-order valence-electron chi connectivity index (χ4n) is 2.56. The van der Waals surface area contributed by atoms with E-state index in [9.17, 15) is 9.59 Å². The lowest BCUT2D eigenvalue weighted by Gasteiger charge is -2.33. The van der Waals surface area contributed by atoms with E-state index in [0.29, 0.717) is 13.2 Å². The van der Waals surface area contributed by atoms with Crippen LogP contribution < -0.4 is 0 Å². The molecule has 2 atom stereocenters. The highest BCUT2D eigenvalue weighted by molar-refractivity contribution is 8.00. The maximum Gasteiger partial charge on any atom is 0.310 e. The molecule has 1 aliphatic rings. The number of carbonyl (C=O) groups excluding carboxylic acids is 2. The largest absolute Gasteiger partial charge is 0.466 e. The Morgan fingerprint density at radius 1 is 1.45 bits per heavy atom. The van der Waals surface area contributed by atoms with Crippen LogP contribution >= 0.6 is 11.8 Å². The molecule has 0 aliphatic carbocycles. The van der Waals surface area contributed by atoms with Crippen LogP contribution in [0.1, 0.15) is 26.7 Å². The lowest BCUT2D eigenvalue weighted by Crippen LogP contribution is -2.45. The number of hydrogen-bond acceptors (Lipinski definition) is 5. The molecule has 22 heavy (non-hydrogen) atoms. The maximum absolute atomic E-state index is 12.6. The predicted octanol–water partition coefficient (Wildman–Crippen LogP) is 2.36. The van der Waals surface area contributed by atoms with Crippen LogP contribution in [0.5, 0.6) is 0 Å². The Bertz CT molecular complexity index is 509. The molecular weight excluding hydrogens is 300 g/mol. The molecule has 5 nitrogen and oxygen atoms in total. The second-order valence-corrected chi connectivity index (χ2v) is 6.73. The van der Waals surface area contributed by atoms with E-state index >= 15 is 0 Å². The Kier molecular flexibility index (Phi) is 6.24. The van der Waals surface area contributed by atoms with Crippen LogP contribution in [0.3, 0.4) is 0 Å². The van der Waals surface area contributed by atoms with Crippen molar-refractivity contribution in [1.82, 2.24) is 9.88 Å². The molecule has 6 heteroatoms. The van der Waals surface area contributed by atoms with E-state index in [1.807, 2.05) is 19.1 Å². The third-order valence-corrected chi connectivity index (χ3v) is 4.76. The van der Waals surface area contributed by atoms with E-state index in [4.69, 9.17) is 4.74 Å². The summed E-state index contributed by atoms with van der Waals surface area (Å²) in [5.41, 5.74) is 0. The van der Waals surface area contributed by atoms with Gasteiger partial charge in [0.25, 0.3) is 0 Å². The van der Waals surface area contributed by atoms with Gasteiger partial charge in [0.1, 0.15) is 0 Å². The van der Waals surface area contributed by atoms with E-state index in [0.717, 1.165) is 24.3 Å². The Morgan fingerprint density at radius 3 is 2.86 bits per heavy atom. The molecule has 0 bridgehead atoms. The van der Waals surface area contributed by atoms with Gasteiger partial charge < -0.3 is 9.64 Å². The van der Waals surface area contributed by atoms with Crippen LogP contribution in [0, 0.1) is 5.92 Å². The number of esters is 1. The monoisotopic (exact) mass is 322 g/mol. The number of aromatic nitrogens is 1. The number of carbonyl (C=O) groups is 2. The second-order valence-electron chi connectivity index (χ2n) is 5.32. The lowest BCUT2D eigenvalue weighted by atomic mass is 9.98. The number of hydrogen-bond donors (Lipinski definition) is 0. The highest BCUT2D eigenvalue weighted by atomic mass is 32.2. The van der Waals surface area contributed by atoms with Gasteiger partial charge in [0.15, 0.2) is 0 Å². The SMILES string of the molecule is CCOC(=O)[C@H]1CCCN(C(=O)[C@@H](C)Sc2ccncc2)C1. The number of likely N-dealkylation sites (tertiary alicyclic amines) is 1. The molecule has 1 fully saturated rings. The van der Waals surface area contributed by atoms with Crippen LogP contribution in [0.4, 0.5) is 0 Å². The average Bonchev–Trinajstić information content (AvgIpc) is 2.55. The van der Waals surface area contributed by atoms with E-state index in [1.165, 1.54) is 11.8 Å². The summed E-state index contributed by atoms with van der Waals surface area (Å²) < 4.78 is 5.08. The van der Waals surface area contributed by atoms with Crippen LogP contribution in [0.2, 0.25) is 0 Å². The van der Waals surface area contributed by atoms with Crippen molar-refractivity contribution < 1.29 is 14.3 Å². The van der Waals surface area contributed by atoms with Gasteiger partial charge in [0.05, 0.1) is 17.8 Å². The van der Waals surface area contributed by atoms with Gasteiger partial charge in [-0.3, -0.25) is 14.6 Å². The number of amides is 1. The molecule has 0 spiro atoms. The summed E-state index contributed by atoms with van der Waals surface area (Å²) >= 11 is 1.52. The zero-order valence-electron chi connectivity index (χ0n) is 13.0. The van der Waals surface area contributed by atoms with E-state index < -0.39 is 0 Å². The molecular formula is C16H22N2O3S. The first-order chi connectivity index (χ1) is 10.6. The highest BCUT2D eigenvalue weighted by Gasteiger charge is 2.31. The van der Waals surface area contributed by atoms with Crippen LogP contribution in [0.25, 0.3) is 0 Å². The van der Waals surface area contributed by atoms with Gasteiger partial charge >= 0.3 is 5.97 Å². The third-order valence-electron chi connectivity index (χ3n) is 3.66. The maximum atomic E-state index is 12.6. The molecule has 1 amide bonds. The van der Waals surface area contributed by atoms with Gasteiger partial charge in [-0.05, 0) is 38.8 Å². The van der Waals surface area contributed by atoms with Crippen molar-refractivity contribution in [2.45, 2.75) is 36.8 Å². The first-order valence-electron chi connectivity index (χ1n) is 7.64. The predicted molar refractivity (Wildman–Crippen MR) is 85.5 cm³/mol. The van der Waals surface area contributed by atoms with E-state index in [1.54, 1.807) is 24.2 Å². The fraction of sp³-hybridized carbons (Fsp3) is 0.562. The Labute approximate surface area is 135 Å². The molecule has 0 unspecified atom stereocenters. The first kappa shape index (κ1) is 16.8. The number of thioether (sulfide) groups is 1. The number of ether oxygens (including phenoxy) is 1. The summed E-state index contributed by atoms with van der Waals surface area (Å²) in [5, 5.41) is -0.177. The second kappa shape index (κ2) is 8.17. The van der Waals surface area contributed by atoms with Gasteiger partial charge in [-0.15, -0.1) is 11.8 Å². The van der Waals surface area contributed by atoms with Gasteiger partial charge in [0, 0.05) is 30.4 Å². The smallest absolute Gasteiger partial charge is 0.310 e. The topological polar surface area (TPSA) is 59.5 Å². The van der Waals surface area contributed by atoms with E-state index in [-0.39, 0.29) is 23.0 Å². The molecule has 0 saturated carbocycles. The third kappa shape index (κ3) is 4.47. The Balaban J connectivity index is 1.92. The molecule has 2 rings (SSSR count). The van der Waals surface area contributed by atoms with Crippen molar-refractivity contribution in [3.63, 3.8) is 0 Å². The van der Waals surface area contributed by atoms with Gasteiger partial charge in [0.2, 0.25) is 5.91 Å². The summed E-state index contributed by atoms with van der Waals surface area (Å²) in [6.45, 7) is 5.28. The quantitative estimate of drug-likeness (QED) is 0.615. The molecule has 0 radical (unpaired) electrons. The molecule has 1 aromatic rings. The minimum atomic E-state index is -0.186. The summed E-state index contributed by atoms with van der Waals surface area (Å²) in [4.78, 5) is 31.2. The van der Waals surface area contributed by atoms with Crippen LogP contribution in [-0.2, 0) is 14.3 Å². The molecule has 1 aliphatic heterocycles. The van der Waals surface area contributed by atoms with Crippen LogP contribution in [0.15, 0.2) is 29.4 Å². The Morgan fingerprint density at radius 2 is 2.18 bits per heavy atom. The van der Waals surface area contributed by atoms with Crippen LogP contribution in [-0.4, -0.2) is 46.7 Å². The van der Waals surface area contributed by atoms with Gasteiger partial charge in [-0.2, -0.15) is 0 Å². The summed E-state index contributed by atoms with van der Waals surface area (Å²) in [5.74, 6) is -0.291. The first-order valence-corrected chi connectivity index (χ1v) is 8.52. The number of rotatable bonds is 5. The molecule has 2 heterocycles. The van der Waals surface area contributed by atoms with Crippen molar-refractivity contribution in [1.29, 1.82) is 0 Å². The summed E-state index contributed by atoms with van der Waals surface area (Å²) in [6, 6.07) is 3.79. The fourth-order valence-corrected chi connectivity index (χ4v) is 3.50. The summed E-state index contributed by atoms with van der Waals surface area (Å²) in [7, 11) is 0. The van der Waals surface area contributed by atoms with Gasteiger partial charge in [-0.1, -0.05) is 0 Å². The molecule has 120 valence electrons. The number of piperidine rings is 1. The zero-order chi connectivity index (χ0) is 15.9. The summed E-state index contributed by atoms with van der Waals surface area (Å²) in [6.07, 6.45) is 5.09. The van der Waals surface area contributed by atoms with E-state index in [2.05, 4.69) is 4.98 Å². The van der Waals surface area contributed by atoms with Crippen molar-refractivity contribution in [3.05, 3.63) is 24.5 Å². The minimum Gasteiger partial charge on any atom is -0.466 e. The molecule has 0 aromatic carbocycles. The van der Waals surface area contributed by atoms with Crippen molar-refractivity contribution in [3.8, 4) is 0 Å². The van der Waals surface area contributed by atoms with Crippen molar-refractivity contribution in [2.24, 2.45) is 5.92 Å². The van der Waals surface area contributed by atoms with Crippen molar-refractivity contribution in [2.75, 3.05) is 19.7 Å². The highest BCUT2D eigenvalue weighted by Crippen LogP contribution is 2.26. The molecule has 1 aromatic heterocycles. The minimum absolute atomic E-state index is 0.0795. The number of pyridine rings is 1.